The Morgan fingerprint density at radius 2 is 0.515 bits per heavy atom. The predicted molar refractivity (Wildman–Crippen MR) is 293 cm³/mol. The highest BCUT2D eigenvalue weighted by Gasteiger charge is 2.19. The minimum atomic E-state index is -0.775. The van der Waals surface area contributed by atoms with Gasteiger partial charge in [0.1, 0.15) is 13.2 Å². The zero-order valence-electron chi connectivity index (χ0n) is 45.6. The average molecular weight is 956 g/mol. The van der Waals surface area contributed by atoms with Crippen LogP contribution < -0.4 is 0 Å². The van der Waals surface area contributed by atoms with Crippen LogP contribution in [0.1, 0.15) is 323 Å². The van der Waals surface area contributed by atoms with Crippen LogP contribution in [0.25, 0.3) is 0 Å². The summed E-state index contributed by atoms with van der Waals surface area (Å²) >= 11 is 0. The Hall–Kier alpha value is -2.37. The van der Waals surface area contributed by atoms with E-state index in [-0.39, 0.29) is 31.1 Å². The molecular formula is C62H114O6. The highest BCUT2D eigenvalue weighted by Crippen LogP contribution is 2.16. The lowest BCUT2D eigenvalue weighted by Gasteiger charge is -2.18. The van der Waals surface area contributed by atoms with Crippen molar-refractivity contribution in [2.24, 2.45) is 0 Å². The molecule has 0 fully saturated rings. The summed E-state index contributed by atoms with van der Waals surface area (Å²) < 4.78 is 16.9. The summed E-state index contributed by atoms with van der Waals surface area (Å²) in [4.78, 5) is 38.1. The molecule has 0 rings (SSSR count). The Labute approximate surface area is 423 Å². The summed E-state index contributed by atoms with van der Waals surface area (Å²) in [5.74, 6) is -0.873. The van der Waals surface area contributed by atoms with Crippen molar-refractivity contribution in [1.29, 1.82) is 0 Å². The number of rotatable bonds is 55. The molecule has 6 heteroatoms. The van der Waals surface area contributed by atoms with Gasteiger partial charge in [-0.2, -0.15) is 0 Å². The van der Waals surface area contributed by atoms with E-state index in [4.69, 9.17) is 14.2 Å². The molecule has 0 aliphatic rings. The molecule has 6 nitrogen and oxygen atoms in total. The number of esters is 3. The van der Waals surface area contributed by atoms with Gasteiger partial charge in [-0.15, -0.1) is 0 Å². The number of unbranched alkanes of at least 4 members (excludes halogenated alkanes) is 38. The SMILES string of the molecule is CCC/C=C\CCCCCCCC(=O)OCC(COC(=O)CCCCCCCCCCC/C=C\CCCCCCCCCC)OC(=O)CCCCCCCCCCC/C=C\CCCCCCCC. The van der Waals surface area contributed by atoms with Gasteiger partial charge in [0.25, 0.3) is 0 Å². The first kappa shape index (κ1) is 65.6. The van der Waals surface area contributed by atoms with Crippen LogP contribution in [-0.4, -0.2) is 37.2 Å². The zero-order valence-corrected chi connectivity index (χ0v) is 45.6. The van der Waals surface area contributed by atoms with Crippen molar-refractivity contribution >= 4 is 17.9 Å². The zero-order chi connectivity index (χ0) is 49.3. The minimum absolute atomic E-state index is 0.0743. The van der Waals surface area contributed by atoms with E-state index in [1.165, 1.54) is 212 Å². The van der Waals surface area contributed by atoms with Gasteiger partial charge in [-0.05, 0) is 89.9 Å². The van der Waals surface area contributed by atoms with Crippen molar-refractivity contribution in [2.75, 3.05) is 13.2 Å². The van der Waals surface area contributed by atoms with E-state index >= 15 is 0 Å². The van der Waals surface area contributed by atoms with Gasteiger partial charge in [-0.25, -0.2) is 0 Å². The summed E-state index contributed by atoms with van der Waals surface area (Å²) in [6.45, 7) is 6.60. The fourth-order valence-corrected chi connectivity index (χ4v) is 8.79. The van der Waals surface area contributed by atoms with Gasteiger partial charge in [-0.3, -0.25) is 14.4 Å². The molecule has 0 aromatic heterocycles. The normalized spacial score (nSPS) is 12.2. The van der Waals surface area contributed by atoms with Crippen LogP contribution in [0.2, 0.25) is 0 Å². The maximum atomic E-state index is 12.9. The summed E-state index contributed by atoms with van der Waals surface area (Å²) in [6.07, 6.45) is 68.6. The number of hydrogen-bond donors (Lipinski definition) is 0. The first-order chi connectivity index (χ1) is 33.5. The van der Waals surface area contributed by atoms with Crippen LogP contribution in [0.15, 0.2) is 36.5 Å². The molecule has 0 spiro atoms. The van der Waals surface area contributed by atoms with Gasteiger partial charge in [0, 0.05) is 19.3 Å². The van der Waals surface area contributed by atoms with E-state index in [0.29, 0.717) is 19.3 Å². The van der Waals surface area contributed by atoms with E-state index < -0.39 is 6.10 Å². The van der Waals surface area contributed by atoms with Crippen LogP contribution in [0.5, 0.6) is 0 Å². The maximum Gasteiger partial charge on any atom is 0.306 e. The summed E-state index contributed by atoms with van der Waals surface area (Å²) in [6, 6.07) is 0. The van der Waals surface area contributed by atoms with Crippen molar-refractivity contribution in [3.8, 4) is 0 Å². The molecule has 0 N–H and O–H groups in total. The molecule has 0 saturated carbocycles. The minimum Gasteiger partial charge on any atom is -0.462 e. The summed E-state index contributed by atoms with van der Waals surface area (Å²) in [7, 11) is 0. The lowest BCUT2D eigenvalue weighted by atomic mass is 10.1. The second-order valence-electron chi connectivity index (χ2n) is 20.2. The number of hydrogen-bond acceptors (Lipinski definition) is 6. The molecule has 68 heavy (non-hydrogen) atoms. The third-order valence-corrected chi connectivity index (χ3v) is 13.3. The molecule has 0 aromatic rings. The first-order valence-corrected chi connectivity index (χ1v) is 30.0. The number of carbonyl (C=O) groups excluding carboxylic acids is 3. The summed E-state index contributed by atoms with van der Waals surface area (Å²) in [5.41, 5.74) is 0. The van der Waals surface area contributed by atoms with Crippen molar-refractivity contribution in [3.05, 3.63) is 36.5 Å². The van der Waals surface area contributed by atoms with Gasteiger partial charge in [0.2, 0.25) is 0 Å². The molecular weight excluding hydrogens is 841 g/mol. The van der Waals surface area contributed by atoms with Crippen molar-refractivity contribution < 1.29 is 28.6 Å². The van der Waals surface area contributed by atoms with Crippen LogP contribution in [0.4, 0.5) is 0 Å². The summed E-state index contributed by atoms with van der Waals surface area (Å²) in [5, 5.41) is 0. The van der Waals surface area contributed by atoms with Crippen molar-refractivity contribution in [3.63, 3.8) is 0 Å². The third kappa shape index (κ3) is 54.6. The van der Waals surface area contributed by atoms with Crippen LogP contribution in [-0.2, 0) is 28.6 Å². The monoisotopic (exact) mass is 955 g/mol. The molecule has 1 atom stereocenters. The second-order valence-corrected chi connectivity index (χ2v) is 20.2. The molecule has 0 bridgehead atoms. The van der Waals surface area contributed by atoms with Crippen molar-refractivity contribution in [2.45, 2.75) is 329 Å². The Kier molecular flexibility index (Phi) is 55.2. The van der Waals surface area contributed by atoms with Crippen LogP contribution in [0, 0.1) is 0 Å². The molecule has 0 radical (unpaired) electrons. The van der Waals surface area contributed by atoms with E-state index in [1.807, 2.05) is 0 Å². The highest BCUT2D eigenvalue weighted by atomic mass is 16.6. The number of carbonyl (C=O) groups is 3. The second kappa shape index (κ2) is 57.2. The molecule has 0 saturated heterocycles. The maximum absolute atomic E-state index is 12.9. The highest BCUT2D eigenvalue weighted by molar-refractivity contribution is 5.71. The molecule has 0 aliphatic carbocycles. The molecule has 1 unspecified atom stereocenters. The Bertz CT molecular complexity index is 1140. The van der Waals surface area contributed by atoms with Gasteiger partial charge in [0.15, 0.2) is 6.10 Å². The van der Waals surface area contributed by atoms with E-state index in [9.17, 15) is 14.4 Å². The average Bonchev–Trinajstić information content (AvgIpc) is 3.34. The Balaban J connectivity index is 4.25. The van der Waals surface area contributed by atoms with Gasteiger partial charge < -0.3 is 14.2 Å². The van der Waals surface area contributed by atoms with Crippen molar-refractivity contribution in [1.82, 2.24) is 0 Å². The topological polar surface area (TPSA) is 78.9 Å². The number of allylic oxidation sites excluding steroid dienone is 6. The molecule has 0 aromatic carbocycles. The third-order valence-electron chi connectivity index (χ3n) is 13.3. The quantitative estimate of drug-likeness (QED) is 0.0262. The fraction of sp³-hybridized carbons (Fsp3) is 0.855. The van der Waals surface area contributed by atoms with E-state index in [0.717, 1.165) is 70.6 Å². The van der Waals surface area contributed by atoms with Gasteiger partial charge in [-0.1, -0.05) is 250 Å². The lowest BCUT2D eigenvalue weighted by Crippen LogP contribution is -2.30. The molecule has 0 amide bonds. The molecule has 0 heterocycles. The smallest absolute Gasteiger partial charge is 0.306 e. The number of ether oxygens (including phenoxy) is 3. The van der Waals surface area contributed by atoms with Gasteiger partial charge in [0.05, 0.1) is 0 Å². The van der Waals surface area contributed by atoms with E-state index in [1.54, 1.807) is 0 Å². The molecule has 0 aliphatic heterocycles. The Morgan fingerprint density at radius 1 is 0.279 bits per heavy atom. The van der Waals surface area contributed by atoms with Crippen LogP contribution in [0.3, 0.4) is 0 Å². The predicted octanol–water partition coefficient (Wildman–Crippen LogP) is 20.0. The standard InChI is InChI=1S/C62H114O6/c1-4-7-10-13-16-19-22-24-26-28-30-31-33-34-36-38-40-43-46-49-52-55-61(64)67-58-59(57-66-60(63)54-51-48-45-42-21-18-15-12-9-6-3)68-62(65)56-53-50-47-44-41-39-37-35-32-29-27-25-23-20-17-14-11-8-5-2/h12,15,25,27-28,30,59H,4-11,13-14,16-24,26,29,31-58H2,1-3H3/b15-12-,27-25-,30-28-. The van der Waals surface area contributed by atoms with E-state index in [2.05, 4.69) is 57.2 Å². The van der Waals surface area contributed by atoms with Crippen LogP contribution >= 0.6 is 0 Å². The largest absolute Gasteiger partial charge is 0.462 e. The lowest BCUT2D eigenvalue weighted by molar-refractivity contribution is -0.167. The molecule has 398 valence electrons. The fourth-order valence-electron chi connectivity index (χ4n) is 8.79. The Morgan fingerprint density at radius 3 is 0.794 bits per heavy atom. The van der Waals surface area contributed by atoms with Gasteiger partial charge >= 0.3 is 17.9 Å². The first-order valence-electron chi connectivity index (χ1n) is 30.0.